The first-order valence-corrected chi connectivity index (χ1v) is 17.5. The van der Waals surface area contributed by atoms with Crippen molar-refractivity contribution in [3.05, 3.63) is 123 Å². The van der Waals surface area contributed by atoms with Crippen molar-refractivity contribution in [3.63, 3.8) is 0 Å². The number of amides is 3. The van der Waals surface area contributed by atoms with E-state index in [4.69, 9.17) is 42.4 Å². The summed E-state index contributed by atoms with van der Waals surface area (Å²) in [6, 6.07) is 22.5. The summed E-state index contributed by atoms with van der Waals surface area (Å²) in [7, 11) is 0. The fourth-order valence-electron chi connectivity index (χ4n) is 6.63. The summed E-state index contributed by atoms with van der Waals surface area (Å²) < 4.78 is 59.0. The lowest BCUT2D eigenvalue weighted by molar-refractivity contribution is -0.142. The third kappa shape index (κ3) is 7.09. The Morgan fingerprint density at radius 2 is 1.46 bits per heavy atom. The van der Waals surface area contributed by atoms with Gasteiger partial charge in [0.05, 0.1) is 23.8 Å². The van der Waals surface area contributed by atoms with E-state index in [9.17, 15) is 22.8 Å². The lowest BCUT2D eigenvalue weighted by Gasteiger charge is -2.40. The minimum absolute atomic E-state index is 0.0622. The zero-order chi connectivity index (χ0) is 36.6. The second kappa shape index (κ2) is 14.6. The van der Waals surface area contributed by atoms with Crippen molar-refractivity contribution in [1.29, 1.82) is 0 Å². The van der Waals surface area contributed by atoms with Gasteiger partial charge in [-0.2, -0.15) is 13.2 Å². The number of urea groups is 1. The van der Waals surface area contributed by atoms with Gasteiger partial charge in [-0.25, -0.2) is 4.79 Å². The maximum Gasteiger partial charge on any atom is 0.416 e. The zero-order valence-electron chi connectivity index (χ0n) is 27.9. The number of ether oxygens (including phenoxy) is 3. The van der Waals surface area contributed by atoms with E-state index < -0.39 is 36.0 Å². The molecule has 3 unspecified atom stereocenters. The summed E-state index contributed by atoms with van der Waals surface area (Å²) in [5, 5.41) is 0.993. The smallest absolute Gasteiger partial charge is 0.416 e. The standard InChI is InChI=1S/C38H33Cl2F3N4O5/c1-2-50-31-21-25(38(41,42)43)11-16-28(31)35-44-33(23-7-12-26(39)13-8-23)34(24-9-14-27(40)15-10-24)47(35)37(49)46-19-17-45(18-20-46)36(48)32-22-51-29-5-3-4-6-30(29)52-32/h3-16,21,32-34H,2,17-20,22H2,1H3. The highest BCUT2D eigenvalue weighted by atomic mass is 35.5. The van der Waals surface area contributed by atoms with Gasteiger partial charge in [0, 0.05) is 36.2 Å². The molecule has 0 aromatic heterocycles. The highest BCUT2D eigenvalue weighted by Crippen LogP contribution is 2.46. The van der Waals surface area contributed by atoms with E-state index in [2.05, 4.69) is 0 Å². The van der Waals surface area contributed by atoms with Gasteiger partial charge in [-0.05, 0) is 72.6 Å². The second-order valence-corrected chi connectivity index (χ2v) is 13.3. The van der Waals surface area contributed by atoms with Crippen molar-refractivity contribution >= 4 is 41.0 Å². The number of para-hydroxylation sites is 2. The van der Waals surface area contributed by atoms with Gasteiger partial charge in [-0.3, -0.25) is 14.7 Å². The number of carbonyl (C=O) groups excluding carboxylic acids is 2. The average Bonchev–Trinajstić information content (AvgIpc) is 3.54. The molecule has 3 atom stereocenters. The molecular formula is C38H33Cl2F3N4O5. The minimum Gasteiger partial charge on any atom is -0.493 e. The number of halogens is 5. The fourth-order valence-corrected chi connectivity index (χ4v) is 6.88. The summed E-state index contributed by atoms with van der Waals surface area (Å²) in [6.07, 6.45) is -5.45. The third-order valence-corrected chi connectivity index (χ3v) is 9.70. The number of hydrogen-bond donors (Lipinski definition) is 0. The topological polar surface area (TPSA) is 83.9 Å². The number of aliphatic imine (C=N–C) groups is 1. The summed E-state index contributed by atoms with van der Waals surface area (Å²) >= 11 is 12.5. The van der Waals surface area contributed by atoms with Gasteiger partial charge < -0.3 is 24.0 Å². The molecule has 14 heteroatoms. The van der Waals surface area contributed by atoms with Crippen LogP contribution < -0.4 is 14.2 Å². The van der Waals surface area contributed by atoms with Crippen LogP contribution in [0.25, 0.3) is 0 Å². The van der Waals surface area contributed by atoms with Crippen LogP contribution >= 0.6 is 23.2 Å². The van der Waals surface area contributed by atoms with Gasteiger partial charge in [-0.1, -0.05) is 59.6 Å². The van der Waals surface area contributed by atoms with Crippen LogP contribution in [0.3, 0.4) is 0 Å². The summed E-state index contributed by atoms with van der Waals surface area (Å²) in [4.78, 5) is 38.1. The molecule has 4 aromatic rings. The predicted octanol–water partition coefficient (Wildman–Crippen LogP) is 8.06. The molecule has 3 heterocycles. The molecule has 0 spiro atoms. The highest BCUT2D eigenvalue weighted by Gasteiger charge is 2.46. The van der Waals surface area contributed by atoms with Gasteiger partial charge in [-0.15, -0.1) is 0 Å². The molecule has 1 saturated heterocycles. The quantitative estimate of drug-likeness (QED) is 0.199. The van der Waals surface area contributed by atoms with Crippen molar-refractivity contribution in [3.8, 4) is 17.2 Å². The van der Waals surface area contributed by atoms with E-state index in [0.717, 1.165) is 17.7 Å². The second-order valence-electron chi connectivity index (χ2n) is 12.4. The van der Waals surface area contributed by atoms with E-state index in [0.29, 0.717) is 27.1 Å². The summed E-state index contributed by atoms with van der Waals surface area (Å²) in [5.41, 5.74) is 0.761. The number of hydrogen-bond acceptors (Lipinski definition) is 6. The molecule has 3 aliphatic heterocycles. The summed E-state index contributed by atoms with van der Waals surface area (Å²) in [6.45, 7) is 2.62. The number of nitrogens with zero attached hydrogens (tertiary/aromatic N) is 4. The maximum absolute atomic E-state index is 14.8. The molecule has 270 valence electrons. The number of alkyl halides is 3. The monoisotopic (exact) mass is 752 g/mol. The normalized spacial score (nSPS) is 20.1. The largest absolute Gasteiger partial charge is 0.493 e. The van der Waals surface area contributed by atoms with Crippen LogP contribution in [0.5, 0.6) is 17.2 Å². The number of fused-ring (bicyclic) bond motifs is 1. The number of amidine groups is 1. The Bertz CT molecular complexity index is 1990. The van der Waals surface area contributed by atoms with E-state index >= 15 is 0 Å². The van der Waals surface area contributed by atoms with Crippen molar-refractivity contribution < 1.29 is 37.0 Å². The van der Waals surface area contributed by atoms with Crippen LogP contribution in [-0.2, 0) is 11.0 Å². The molecule has 0 radical (unpaired) electrons. The van der Waals surface area contributed by atoms with Crippen LogP contribution in [0.15, 0.2) is 96.0 Å². The Morgan fingerprint density at radius 1 is 0.846 bits per heavy atom. The lowest BCUT2D eigenvalue weighted by atomic mass is 9.93. The zero-order valence-corrected chi connectivity index (χ0v) is 29.4. The minimum atomic E-state index is -4.62. The first-order chi connectivity index (χ1) is 25.0. The van der Waals surface area contributed by atoms with Crippen LogP contribution in [-0.4, -0.2) is 78.0 Å². The first-order valence-electron chi connectivity index (χ1n) is 16.7. The summed E-state index contributed by atoms with van der Waals surface area (Å²) in [5.74, 6) is 0.884. The van der Waals surface area contributed by atoms with E-state index in [1.807, 2.05) is 6.07 Å². The Balaban J connectivity index is 1.23. The number of benzene rings is 4. The number of piperazine rings is 1. The van der Waals surface area contributed by atoms with Gasteiger partial charge in [0.15, 0.2) is 11.5 Å². The molecule has 0 saturated carbocycles. The molecular weight excluding hydrogens is 720 g/mol. The molecule has 0 aliphatic carbocycles. The Labute approximate surface area is 308 Å². The van der Waals surface area contributed by atoms with Crippen LogP contribution in [0.2, 0.25) is 10.0 Å². The molecule has 52 heavy (non-hydrogen) atoms. The Kier molecular flexibility index (Phi) is 9.95. The maximum atomic E-state index is 14.8. The van der Waals surface area contributed by atoms with E-state index in [1.165, 1.54) is 11.0 Å². The van der Waals surface area contributed by atoms with Gasteiger partial charge in [0.1, 0.15) is 24.2 Å². The van der Waals surface area contributed by atoms with Crippen LogP contribution in [0, 0.1) is 0 Å². The highest BCUT2D eigenvalue weighted by molar-refractivity contribution is 6.30. The molecule has 1 fully saturated rings. The fraction of sp³-hybridized carbons (Fsp3) is 0.289. The number of rotatable bonds is 6. The van der Waals surface area contributed by atoms with Crippen molar-refractivity contribution in [2.75, 3.05) is 39.4 Å². The molecule has 4 aromatic carbocycles. The molecule has 9 nitrogen and oxygen atoms in total. The Hall–Kier alpha value is -4.94. The average molecular weight is 754 g/mol. The number of carbonyl (C=O) groups is 2. The van der Waals surface area contributed by atoms with Crippen LogP contribution in [0.1, 0.15) is 41.3 Å². The van der Waals surface area contributed by atoms with E-state index in [-0.39, 0.29) is 62.4 Å². The van der Waals surface area contributed by atoms with E-state index in [1.54, 1.807) is 83.5 Å². The van der Waals surface area contributed by atoms with Gasteiger partial charge in [0.2, 0.25) is 6.10 Å². The van der Waals surface area contributed by atoms with Crippen molar-refractivity contribution in [2.45, 2.75) is 31.3 Å². The molecule has 0 N–H and O–H groups in total. The molecule has 7 rings (SSSR count). The van der Waals surface area contributed by atoms with Crippen LogP contribution in [0.4, 0.5) is 18.0 Å². The molecule has 3 aliphatic rings. The van der Waals surface area contributed by atoms with Gasteiger partial charge in [0.25, 0.3) is 5.91 Å². The molecule has 3 amide bonds. The predicted molar refractivity (Wildman–Crippen MR) is 189 cm³/mol. The first kappa shape index (κ1) is 35.5. The van der Waals surface area contributed by atoms with Gasteiger partial charge >= 0.3 is 12.2 Å². The van der Waals surface area contributed by atoms with Crippen molar-refractivity contribution in [1.82, 2.24) is 14.7 Å². The lowest BCUT2D eigenvalue weighted by Crippen LogP contribution is -2.57. The SMILES string of the molecule is CCOc1cc(C(F)(F)F)ccc1C1=NC(c2ccc(Cl)cc2)C(c2ccc(Cl)cc2)N1C(=O)N1CCN(C(=O)C2COc3ccccc3O2)CC1. The van der Waals surface area contributed by atoms with Crippen molar-refractivity contribution in [2.24, 2.45) is 4.99 Å². The molecule has 0 bridgehead atoms. The third-order valence-electron chi connectivity index (χ3n) is 9.19. The Morgan fingerprint density at radius 3 is 2.10 bits per heavy atom.